The van der Waals surface area contributed by atoms with Crippen molar-refractivity contribution in [3.05, 3.63) is 53.9 Å². The second-order valence-corrected chi connectivity index (χ2v) is 5.79. The number of alkyl halides is 3. The number of aromatic nitrogens is 2. The third kappa shape index (κ3) is 3.35. The predicted molar refractivity (Wildman–Crippen MR) is 88.5 cm³/mol. The Hall–Kier alpha value is -3.03. The minimum absolute atomic E-state index is 0.247. The summed E-state index contributed by atoms with van der Waals surface area (Å²) < 4.78 is 45.6. The molecule has 1 N–H and O–H groups in total. The van der Waals surface area contributed by atoms with E-state index in [-0.39, 0.29) is 5.52 Å². The summed E-state index contributed by atoms with van der Waals surface area (Å²) in [5, 5.41) is 8.87. The molecule has 0 spiro atoms. The monoisotopic (exact) mass is 364 g/mol. The lowest BCUT2D eigenvalue weighted by Gasteiger charge is -2.12. The maximum Gasteiger partial charge on any atom is 0.416 e. The molecule has 3 rings (SSSR count). The average Bonchev–Trinajstić information content (AvgIpc) is 2.89. The van der Waals surface area contributed by atoms with Gasteiger partial charge < -0.3 is 9.84 Å². The zero-order valence-electron chi connectivity index (χ0n) is 13.9. The number of nitrogens with zero attached hydrogens (tertiary/aromatic N) is 2. The number of aliphatic carboxylic acids is 1. The SMILES string of the molecule is Cc1nc2cc(C(F)(F)F)ccc2n1-c1ccc(OC(C)C(=O)O)cc1. The maximum atomic E-state index is 12.9. The minimum Gasteiger partial charge on any atom is -0.479 e. The molecule has 1 unspecified atom stereocenters. The van der Waals surface area contributed by atoms with E-state index < -0.39 is 23.8 Å². The highest BCUT2D eigenvalue weighted by atomic mass is 19.4. The van der Waals surface area contributed by atoms with Crippen LogP contribution in [0.1, 0.15) is 18.3 Å². The molecule has 8 heteroatoms. The summed E-state index contributed by atoms with van der Waals surface area (Å²) in [6.07, 6.45) is -5.41. The van der Waals surface area contributed by atoms with Gasteiger partial charge >= 0.3 is 12.1 Å². The second-order valence-electron chi connectivity index (χ2n) is 5.79. The Balaban J connectivity index is 1.97. The number of carboxylic acids is 1. The Morgan fingerprint density at radius 3 is 2.42 bits per heavy atom. The van der Waals surface area contributed by atoms with Crippen molar-refractivity contribution in [1.29, 1.82) is 0 Å². The van der Waals surface area contributed by atoms with Gasteiger partial charge in [-0.25, -0.2) is 9.78 Å². The van der Waals surface area contributed by atoms with Gasteiger partial charge in [0.15, 0.2) is 6.10 Å². The first kappa shape index (κ1) is 17.8. The number of carbonyl (C=O) groups is 1. The standard InChI is InChI=1S/C18H15F3N2O3/c1-10(17(24)25)26-14-6-4-13(5-7-14)23-11(2)22-15-9-12(18(19,20)21)3-8-16(15)23/h3-10H,1-2H3,(H,24,25). The van der Waals surface area contributed by atoms with Crippen LogP contribution in [-0.2, 0) is 11.0 Å². The lowest BCUT2D eigenvalue weighted by atomic mass is 10.2. The second kappa shape index (κ2) is 6.36. The van der Waals surface area contributed by atoms with Crippen molar-refractivity contribution in [2.75, 3.05) is 0 Å². The number of fused-ring (bicyclic) bond motifs is 1. The van der Waals surface area contributed by atoms with E-state index >= 15 is 0 Å². The van der Waals surface area contributed by atoms with Gasteiger partial charge in [-0.15, -0.1) is 0 Å². The number of benzene rings is 2. The van der Waals surface area contributed by atoms with Crippen LogP contribution in [0.4, 0.5) is 13.2 Å². The fourth-order valence-electron chi connectivity index (χ4n) is 2.63. The first-order valence-electron chi connectivity index (χ1n) is 7.73. The number of aryl methyl sites for hydroxylation is 1. The van der Waals surface area contributed by atoms with Gasteiger partial charge in [-0.2, -0.15) is 13.2 Å². The minimum atomic E-state index is -4.42. The van der Waals surface area contributed by atoms with E-state index in [1.807, 2.05) is 0 Å². The third-order valence-electron chi connectivity index (χ3n) is 3.91. The van der Waals surface area contributed by atoms with Crippen molar-refractivity contribution in [2.45, 2.75) is 26.1 Å². The molecule has 0 aliphatic carbocycles. The predicted octanol–water partition coefficient (Wildman–Crippen LogP) is 4.20. The molecule has 0 amide bonds. The Morgan fingerprint density at radius 1 is 1.19 bits per heavy atom. The zero-order chi connectivity index (χ0) is 19.1. The van der Waals surface area contributed by atoms with E-state index in [4.69, 9.17) is 9.84 Å². The van der Waals surface area contributed by atoms with Crippen molar-refractivity contribution >= 4 is 17.0 Å². The van der Waals surface area contributed by atoms with Crippen molar-refractivity contribution < 1.29 is 27.8 Å². The number of imidazole rings is 1. The summed E-state index contributed by atoms with van der Waals surface area (Å²) in [4.78, 5) is 15.0. The van der Waals surface area contributed by atoms with Crippen LogP contribution in [0.15, 0.2) is 42.5 Å². The van der Waals surface area contributed by atoms with Crippen molar-refractivity contribution in [1.82, 2.24) is 9.55 Å². The van der Waals surface area contributed by atoms with Gasteiger partial charge in [-0.1, -0.05) is 0 Å². The topological polar surface area (TPSA) is 64.4 Å². The zero-order valence-corrected chi connectivity index (χ0v) is 13.9. The highest BCUT2D eigenvalue weighted by Gasteiger charge is 2.31. The summed E-state index contributed by atoms with van der Waals surface area (Å²) in [7, 11) is 0. The van der Waals surface area contributed by atoms with Crippen LogP contribution in [0.2, 0.25) is 0 Å². The molecule has 1 atom stereocenters. The van der Waals surface area contributed by atoms with Crippen LogP contribution >= 0.6 is 0 Å². The first-order valence-corrected chi connectivity index (χ1v) is 7.73. The maximum absolute atomic E-state index is 12.9. The summed E-state index contributed by atoms with van der Waals surface area (Å²) in [6, 6.07) is 10.0. The first-order chi connectivity index (χ1) is 12.2. The van der Waals surface area contributed by atoms with Crippen LogP contribution < -0.4 is 4.74 Å². The summed E-state index contributed by atoms with van der Waals surface area (Å²) in [6.45, 7) is 3.12. The van der Waals surface area contributed by atoms with E-state index in [1.54, 1.807) is 35.8 Å². The van der Waals surface area contributed by atoms with Crippen molar-refractivity contribution in [3.8, 4) is 11.4 Å². The Bertz CT molecular complexity index is 962. The molecule has 136 valence electrons. The Labute approximate surface area is 146 Å². The molecule has 0 radical (unpaired) electrons. The van der Waals surface area contributed by atoms with Gasteiger partial charge in [-0.05, 0) is 56.3 Å². The molecule has 0 aliphatic heterocycles. The van der Waals surface area contributed by atoms with Gasteiger partial charge in [0.05, 0.1) is 16.6 Å². The van der Waals surface area contributed by atoms with Crippen LogP contribution in [0.3, 0.4) is 0 Å². The molecule has 0 bridgehead atoms. The molecule has 0 saturated carbocycles. The third-order valence-corrected chi connectivity index (χ3v) is 3.91. The molecule has 0 fully saturated rings. The molecule has 0 aliphatic rings. The van der Waals surface area contributed by atoms with E-state index in [1.165, 1.54) is 13.0 Å². The molecular formula is C18H15F3N2O3. The fourth-order valence-corrected chi connectivity index (χ4v) is 2.63. The largest absolute Gasteiger partial charge is 0.479 e. The quantitative estimate of drug-likeness (QED) is 0.753. The fraction of sp³-hybridized carbons (Fsp3) is 0.222. The molecule has 26 heavy (non-hydrogen) atoms. The molecule has 1 heterocycles. The van der Waals surface area contributed by atoms with E-state index in [2.05, 4.69) is 4.98 Å². The summed E-state index contributed by atoms with van der Waals surface area (Å²) in [5.41, 5.74) is 0.723. The van der Waals surface area contributed by atoms with Crippen LogP contribution in [0.25, 0.3) is 16.7 Å². The van der Waals surface area contributed by atoms with Crippen molar-refractivity contribution in [2.24, 2.45) is 0 Å². The van der Waals surface area contributed by atoms with Gasteiger partial charge in [0.25, 0.3) is 0 Å². The lowest BCUT2D eigenvalue weighted by molar-refractivity contribution is -0.144. The summed E-state index contributed by atoms with van der Waals surface area (Å²) in [5.74, 6) is -0.164. The van der Waals surface area contributed by atoms with Gasteiger partial charge in [0.2, 0.25) is 0 Å². The van der Waals surface area contributed by atoms with Crippen LogP contribution in [0, 0.1) is 6.92 Å². The van der Waals surface area contributed by atoms with Gasteiger partial charge in [0, 0.05) is 5.69 Å². The molecular weight excluding hydrogens is 349 g/mol. The number of hydrogen-bond acceptors (Lipinski definition) is 3. The number of rotatable bonds is 4. The number of hydrogen-bond donors (Lipinski definition) is 1. The normalized spacial score (nSPS) is 13.0. The smallest absolute Gasteiger partial charge is 0.416 e. The van der Waals surface area contributed by atoms with Crippen LogP contribution in [0.5, 0.6) is 5.75 Å². The lowest BCUT2D eigenvalue weighted by Crippen LogP contribution is -2.22. The van der Waals surface area contributed by atoms with Crippen LogP contribution in [-0.4, -0.2) is 26.7 Å². The van der Waals surface area contributed by atoms with Crippen molar-refractivity contribution in [3.63, 3.8) is 0 Å². The summed E-state index contributed by atoms with van der Waals surface area (Å²) >= 11 is 0. The average molecular weight is 364 g/mol. The Morgan fingerprint density at radius 2 is 1.85 bits per heavy atom. The van der Waals surface area contributed by atoms with E-state index in [9.17, 15) is 18.0 Å². The molecule has 3 aromatic rings. The number of ether oxygens (including phenoxy) is 1. The molecule has 1 aromatic heterocycles. The Kier molecular flexibility index (Phi) is 4.35. The highest BCUT2D eigenvalue weighted by molar-refractivity contribution is 5.79. The van der Waals surface area contributed by atoms with Gasteiger partial charge in [0.1, 0.15) is 11.6 Å². The van der Waals surface area contributed by atoms with E-state index in [0.29, 0.717) is 22.8 Å². The highest BCUT2D eigenvalue weighted by Crippen LogP contribution is 2.32. The molecule has 0 saturated heterocycles. The number of carboxylic acid groups (broad SMARTS) is 1. The van der Waals surface area contributed by atoms with Gasteiger partial charge in [-0.3, -0.25) is 4.57 Å². The number of halogens is 3. The van der Waals surface area contributed by atoms with E-state index in [0.717, 1.165) is 12.1 Å². The molecule has 5 nitrogen and oxygen atoms in total. The molecule has 2 aromatic carbocycles.